The molecule has 0 aliphatic rings. The Balaban J connectivity index is 2.32. The zero-order valence-electron chi connectivity index (χ0n) is 1.63. The van der Waals surface area contributed by atoms with E-state index in [0.717, 1.165) is 0 Å². The van der Waals surface area contributed by atoms with Crippen LogP contribution in [0.2, 0.25) is 0 Å². The molecule has 4 heteroatoms. The lowest BCUT2D eigenvalue weighted by Gasteiger charge is -1.71. The zero-order valence-corrected chi connectivity index (χ0v) is 4.90. The van der Waals surface area contributed by atoms with Gasteiger partial charge in [-0.15, -0.1) is 0 Å². The molecule has 27 valence electrons. The van der Waals surface area contributed by atoms with Crippen molar-refractivity contribution in [2.24, 2.45) is 0 Å². The van der Waals surface area contributed by atoms with Crippen LogP contribution in [0.4, 0.5) is 0 Å². The van der Waals surface area contributed by atoms with Crippen LogP contribution in [-0.2, 0) is 0 Å². The molecule has 0 heterocycles. The Labute approximate surface area is 40.2 Å². The van der Waals surface area contributed by atoms with Crippen molar-refractivity contribution in [3.63, 3.8) is 0 Å². The van der Waals surface area contributed by atoms with Gasteiger partial charge in [0.2, 0.25) is 0 Å². The van der Waals surface area contributed by atoms with Crippen LogP contribution in [0.15, 0.2) is 0 Å². The van der Waals surface area contributed by atoms with Gasteiger partial charge in [-0.3, -0.25) is 0 Å². The number of hydrogen-bond donors (Lipinski definition) is 0. The molecule has 0 rings (SSSR count). The van der Waals surface area contributed by atoms with Gasteiger partial charge in [-0.1, -0.05) is 33.7 Å². The molecular weight excluding hydrogens is 137 g/mol. The van der Waals surface area contributed by atoms with Crippen LogP contribution in [-0.4, -0.2) is 0 Å². The Kier molecular flexibility index (Phi) is 3.36. The molecule has 0 atom stereocenters. The van der Waals surface area contributed by atoms with Crippen molar-refractivity contribution >= 4 is 39.7 Å². The Morgan fingerprint density at radius 1 is 1.00 bits per heavy atom. The molecule has 0 fully saturated rings. The van der Waals surface area contributed by atoms with Gasteiger partial charge in [0.25, 0.3) is 0 Å². The first-order valence-electron chi connectivity index (χ1n) is 0.567. The fourth-order valence-electron chi connectivity index (χ4n) is 0. The molecule has 0 bridgehead atoms. The summed E-state index contributed by atoms with van der Waals surface area (Å²) in [7, 11) is 0. The first-order chi connectivity index (χ1) is 1.73. The normalized spacial score (nSPS) is 9.00. The van der Waals surface area contributed by atoms with E-state index in [1.165, 1.54) is 0 Å². The third-order valence-electron chi connectivity index (χ3n) is 0. The molecule has 0 aliphatic carbocycles. The van der Waals surface area contributed by atoms with Crippen molar-refractivity contribution in [3.05, 3.63) is 0 Å². The summed E-state index contributed by atoms with van der Waals surface area (Å²) in [6.07, 6.45) is 0. The van der Waals surface area contributed by atoms with Gasteiger partial charge in [0.15, 0.2) is 0 Å². The van der Waals surface area contributed by atoms with E-state index in [9.17, 15) is 0 Å². The average Bonchev–Trinajstić information content (AvgIpc) is 0.811. The predicted molar refractivity (Wildman–Crippen MR) is 25.9 cm³/mol. The highest BCUT2D eigenvalue weighted by Gasteiger charge is 1.76. The third-order valence-corrected chi connectivity index (χ3v) is 0. The molecule has 0 N–H and O–H groups in total. The largest absolute Gasteiger partial charge is 0.111 e. The van der Waals surface area contributed by atoms with Crippen molar-refractivity contribution in [2.45, 2.75) is 0 Å². The fraction of sp³-hybridized carbons (Fsp3) is 0. The van der Waals surface area contributed by atoms with Gasteiger partial charge in [0.05, 0.1) is 0 Å². The maximum Gasteiger partial charge on any atom is 0.111 e. The molecular formula is HCl3P. The highest BCUT2D eigenvalue weighted by molar-refractivity contribution is 8.20. The maximum absolute atomic E-state index is 4.91. The van der Waals surface area contributed by atoms with E-state index in [4.69, 9.17) is 33.7 Å². The lowest BCUT2D eigenvalue weighted by molar-refractivity contribution is 4.58. The van der Waals surface area contributed by atoms with Gasteiger partial charge in [-0.25, -0.2) is 0 Å². The Hall–Kier alpha value is 1.30. The second-order valence-electron chi connectivity index (χ2n) is 0.214. The van der Waals surface area contributed by atoms with Crippen molar-refractivity contribution in [3.8, 4) is 0 Å². The summed E-state index contributed by atoms with van der Waals surface area (Å²) in [6, 6.07) is 0. The molecule has 0 saturated carbocycles. The monoisotopic (exact) mass is 137 g/mol. The second-order valence-corrected chi connectivity index (χ2v) is 5.79. The highest BCUT2D eigenvalue weighted by Crippen LogP contribution is 2.51. The Morgan fingerprint density at radius 2 is 1.00 bits per heavy atom. The van der Waals surface area contributed by atoms with Crippen LogP contribution in [0, 0.1) is 0 Å². The van der Waals surface area contributed by atoms with E-state index in [-0.39, 0.29) is 0 Å². The van der Waals surface area contributed by atoms with E-state index in [1.807, 2.05) is 0 Å². The van der Waals surface area contributed by atoms with Gasteiger partial charge in [-0.05, 0) is 0 Å². The average molecular weight is 138 g/mol. The van der Waals surface area contributed by atoms with Crippen molar-refractivity contribution in [1.29, 1.82) is 0 Å². The predicted octanol–water partition coefficient (Wildman–Crippen LogP) is 2.66. The quantitative estimate of drug-likeness (QED) is 0.451. The van der Waals surface area contributed by atoms with Crippen LogP contribution in [0.5, 0.6) is 0 Å². The molecule has 0 aromatic heterocycles. The summed E-state index contributed by atoms with van der Waals surface area (Å²) < 4.78 is 0. The summed E-state index contributed by atoms with van der Waals surface area (Å²) in [4.78, 5) is 0. The van der Waals surface area contributed by atoms with Crippen LogP contribution in [0.25, 0.3) is 0 Å². The lowest BCUT2D eigenvalue weighted by atomic mass is 30.4. The summed E-state index contributed by atoms with van der Waals surface area (Å²) in [5.41, 5.74) is 0. The summed E-state index contributed by atoms with van der Waals surface area (Å²) in [6.45, 7) is 0. The topological polar surface area (TPSA) is 0 Å². The van der Waals surface area contributed by atoms with Crippen molar-refractivity contribution < 1.29 is 0 Å². The Morgan fingerprint density at radius 3 is 1.00 bits per heavy atom. The maximum atomic E-state index is 4.91. The van der Waals surface area contributed by atoms with Gasteiger partial charge < -0.3 is 0 Å². The van der Waals surface area contributed by atoms with E-state index in [0.29, 0.717) is 0 Å². The van der Waals surface area contributed by atoms with Crippen LogP contribution >= 0.6 is 39.7 Å². The SMILES string of the molecule is Cl[PH](Cl)Cl. The summed E-state index contributed by atoms with van der Waals surface area (Å²) in [5, 5.41) is 0. The summed E-state index contributed by atoms with van der Waals surface area (Å²) in [5.74, 6) is -1.46. The molecule has 1 radical (unpaired) electrons. The number of halogens is 3. The molecule has 0 aliphatic heterocycles. The third kappa shape index (κ3) is 10.3. The highest BCUT2D eigenvalue weighted by atomic mass is 36.0. The molecule has 0 aromatic rings. The molecule has 4 heavy (non-hydrogen) atoms. The van der Waals surface area contributed by atoms with Crippen LogP contribution in [0.1, 0.15) is 0 Å². The van der Waals surface area contributed by atoms with Gasteiger partial charge >= 0.3 is 0 Å². The zero-order chi connectivity index (χ0) is 3.58. The smallest absolute Gasteiger partial charge is 0.0711 e. The fourth-order valence-corrected chi connectivity index (χ4v) is 0. The second kappa shape index (κ2) is 2.53. The minimum atomic E-state index is -1.46. The van der Waals surface area contributed by atoms with Crippen LogP contribution < -0.4 is 0 Å². The number of hydrogen-bond acceptors (Lipinski definition) is 0. The lowest BCUT2D eigenvalue weighted by Crippen LogP contribution is -0.958. The Bertz CT molecular complexity index is 8.00. The molecule has 0 nitrogen and oxygen atoms in total. The van der Waals surface area contributed by atoms with E-state index < -0.39 is 5.98 Å². The first kappa shape index (κ1) is 5.30. The van der Waals surface area contributed by atoms with Gasteiger partial charge in [-0.2, -0.15) is 0 Å². The minimum absolute atomic E-state index is 1.46. The summed E-state index contributed by atoms with van der Waals surface area (Å²) >= 11 is 14.7. The minimum Gasteiger partial charge on any atom is -0.0711 e. The van der Waals surface area contributed by atoms with Crippen LogP contribution in [0.3, 0.4) is 0 Å². The molecule has 0 unspecified atom stereocenters. The molecule has 0 saturated heterocycles. The van der Waals surface area contributed by atoms with E-state index >= 15 is 0 Å². The van der Waals surface area contributed by atoms with Gasteiger partial charge in [0, 0.05) is 0 Å². The molecule has 0 aromatic carbocycles. The molecule has 0 amide bonds. The van der Waals surface area contributed by atoms with Crippen molar-refractivity contribution in [2.75, 3.05) is 0 Å². The number of rotatable bonds is 0. The standard InChI is InChI=1S/Cl3HP/c1-4(2)3/h4H. The molecule has 0 spiro atoms. The first-order valence-corrected chi connectivity index (χ1v) is 5.10. The van der Waals surface area contributed by atoms with E-state index in [1.54, 1.807) is 0 Å². The van der Waals surface area contributed by atoms with Crippen molar-refractivity contribution in [1.82, 2.24) is 0 Å². The van der Waals surface area contributed by atoms with Gasteiger partial charge in [0.1, 0.15) is 5.98 Å². The van der Waals surface area contributed by atoms with E-state index in [2.05, 4.69) is 0 Å².